The van der Waals surface area contributed by atoms with Crippen LogP contribution < -0.4 is 5.32 Å². The van der Waals surface area contributed by atoms with Crippen LogP contribution in [0.3, 0.4) is 0 Å². The van der Waals surface area contributed by atoms with Crippen LogP contribution in [0.1, 0.15) is 31.4 Å². The van der Waals surface area contributed by atoms with Crippen LogP contribution in [0.15, 0.2) is 131 Å². The van der Waals surface area contributed by atoms with E-state index in [1.165, 1.54) is 0 Å². The van der Waals surface area contributed by atoms with Crippen molar-refractivity contribution in [3.63, 3.8) is 0 Å². The van der Waals surface area contributed by atoms with Crippen LogP contribution in [0.5, 0.6) is 0 Å². The summed E-state index contributed by atoms with van der Waals surface area (Å²) in [6.45, 7) is 8.10. The maximum absolute atomic E-state index is 4.98. The van der Waals surface area contributed by atoms with Crippen LogP contribution in [0.4, 0.5) is 5.82 Å². The summed E-state index contributed by atoms with van der Waals surface area (Å²) in [5, 5.41) is 3.24. The van der Waals surface area contributed by atoms with Gasteiger partial charge in [-0.15, -0.1) is 0 Å². The zero-order valence-corrected chi connectivity index (χ0v) is 26.4. The highest BCUT2D eigenvalue weighted by Crippen LogP contribution is 2.32. The average molecular weight is 604 g/mol. The molecule has 0 saturated carbocycles. The Morgan fingerprint density at radius 1 is 0.783 bits per heavy atom. The van der Waals surface area contributed by atoms with Crippen LogP contribution in [-0.2, 0) is 6.54 Å². The highest BCUT2D eigenvalue weighted by atomic mass is 15.0. The maximum atomic E-state index is 4.98. The summed E-state index contributed by atoms with van der Waals surface area (Å²) in [5.41, 5.74) is 7.66. The molecule has 2 aromatic heterocycles. The Morgan fingerprint density at radius 2 is 1.41 bits per heavy atom. The van der Waals surface area contributed by atoms with E-state index in [2.05, 4.69) is 77.5 Å². The predicted octanol–water partition coefficient (Wildman–Crippen LogP) is 9.13. The average Bonchev–Trinajstić information content (AvgIpc) is 3.11. The minimum Gasteiger partial charge on any atom is -0.373 e. The van der Waals surface area contributed by atoms with E-state index >= 15 is 0 Å². The first kappa shape index (κ1) is 31.6. The number of allylic oxidation sites excluding steroid dienone is 5. The zero-order valence-electron chi connectivity index (χ0n) is 26.4. The molecule has 7 nitrogen and oxygen atoms in total. The number of nitrogens with one attached hydrogen (secondary N) is 1. The van der Waals surface area contributed by atoms with Crippen molar-refractivity contribution >= 4 is 24.3 Å². The van der Waals surface area contributed by atoms with Crippen LogP contribution >= 0.6 is 0 Å². The fraction of sp³-hybridized carbons (Fsp3) is 0.128. The molecule has 3 aromatic carbocycles. The predicted molar refractivity (Wildman–Crippen MR) is 193 cm³/mol. The van der Waals surface area contributed by atoms with Gasteiger partial charge >= 0.3 is 0 Å². The van der Waals surface area contributed by atoms with Crippen LogP contribution in [0, 0.1) is 0 Å². The van der Waals surface area contributed by atoms with Crippen molar-refractivity contribution in [1.82, 2.24) is 19.9 Å². The highest BCUT2D eigenvalue weighted by molar-refractivity contribution is 5.80. The zero-order chi connectivity index (χ0) is 32.1. The summed E-state index contributed by atoms with van der Waals surface area (Å²) in [7, 11) is 1.89. The summed E-state index contributed by atoms with van der Waals surface area (Å²) in [5.74, 6) is 2.56. The third-order valence-corrected chi connectivity index (χ3v) is 7.09. The first-order valence-corrected chi connectivity index (χ1v) is 15.3. The number of benzene rings is 3. The van der Waals surface area contributed by atoms with E-state index in [9.17, 15) is 0 Å². The molecule has 46 heavy (non-hydrogen) atoms. The number of aliphatic imine (C=N–C) groups is 2. The minimum absolute atomic E-state index is 0.447. The first-order chi connectivity index (χ1) is 22.6. The molecular formula is C39H37N7. The number of aromatic nitrogens is 4. The largest absolute Gasteiger partial charge is 0.373 e. The topological polar surface area (TPSA) is 88.3 Å². The molecular weight excluding hydrogens is 566 g/mol. The molecule has 0 amide bonds. The van der Waals surface area contributed by atoms with Crippen molar-refractivity contribution in [2.45, 2.75) is 26.8 Å². The molecule has 5 rings (SSSR count). The van der Waals surface area contributed by atoms with Crippen molar-refractivity contribution < 1.29 is 0 Å². The van der Waals surface area contributed by atoms with Gasteiger partial charge in [-0.05, 0) is 73.2 Å². The molecule has 7 heteroatoms. The summed E-state index contributed by atoms with van der Waals surface area (Å²) < 4.78 is 0. The van der Waals surface area contributed by atoms with Crippen molar-refractivity contribution in [2.75, 3.05) is 12.4 Å². The lowest BCUT2D eigenvalue weighted by Gasteiger charge is -2.13. The van der Waals surface area contributed by atoms with E-state index in [0.717, 1.165) is 56.9 Å². The SMILES string of the molecule is C=N/C=C\C=NCc1cc(-c2cc(C(/C=C\C)=C/CC)cc(NC)n2)cc(-c2nc(-c3ccccc3)nc(-c3ccccc3)n2)c1. The fourth-order valence-electron chi connectivity index (χ4n) is 4.97. The summed E-state index contributed by atoms with van der Waals surface area (Å²) in [6.07, 6.45) is 12.4. The van der Waals surface area contributed by atoms with E-state index < -0.39 is 0 Å². The van der Waals surface area contributed by atoms with E-state index in [0.29, 0.717) is 24.0 Å². The van der Waals surface area contributed by atoms with Crippen LogP contribution in [0.25, 0.3) is 51.0 Å². The third-order valence-electron chi connectivity index (χ3n) is 7.09. The van der Waals surface area contributed by atoms with Gasteiger partial charge in [-0.25, -0.2) is 19.9 Å². The van der Waals surface area contributed by atoms with E-state index in [1.807, 2.05) is 74.6 Å². The summed E-state index contributed by atoms with van der Waals surface area (Å²) >= 11 is 0. The third kappa shape index (κ3) is 8.01. The molecule has 0 aliphatic heterocycles. The number of anilines is 1. The molecule has 0 unspecified atom stereocenters. The standard InChI is InChI=1S/C39H37N7/c1-5-14-29(15-6-2)32-25-35(43-36(26-32)41-4)33-22-28(27-42-21-13-20-40-3)23-34(24-33)39-45-37(30-16-9-7-10-17-30)44-38(46-39)31-18-11-8-12-19-31/h5,7-26H,3,6,27H2,1-2,4H3,(H,41,43)/b14-5-,20-13-,29-15+,42-21?. The molecule has 0 spiro atoms. The van der Waals surface area contributed by atoms with Gasteiger partial charge in [0.15, 0.2) is 17.5 Å². The number of rotatable bonds is 12. The summed E-state index contributed by atoms with van der Waals surface area (Å²) in [4.78, 5) is 28.2. The molecule has 0 aliphatic carbocycles. The Kier molecular flexibility index (Phi) is 10.8. The van der Waals surface area contributed by atoms with E-state index in [-0.39, 0.29) is 0 Å². The smallest absolute Gasteiger partial charge is 0.164 e. The molecule has 1 N–H and O–H groups in total. The monoisotopic (exact) mass is 603 g/mol. The van der Waals surface area contributed by atoms with Gasteiger partial charge in [0.25, 0.3) is 0 Å². The van der Waals surface area contributed by atoms with Gasteiger partial charge in [0.2, 0.25) is 0 Å². The molecule has 0 bridgehead atoms. The lowest BCUT2D eigenvalue weighted by atomic mass is 9.98. The Bertz CT molecular complexity index is 1850. The van der Waals surface area contributed by atoms with Crippen molar-refractivity contribution in [2.24, 2.45) is 9.98 Å². The molecule has 2 heterocycles. The quantitative estimate of drug-likeness (QED) is 0.113. The Labute approximate surface area is 271 Å². The molecule has 228 valence electrons. The molecule has 5 aromatic rings. The summed E-state index contributed by atoms with van der Waals surface area (Å²) in [6, 6.07) is 30.5. The second kappa shape index (κ2) is 15.8. The lowest BCUT2D eigenvalue weighted by Crippen LogP contribution is -2.01. The van der Waals surface area contributed by atoms with Crippen LogP contribution in [-0.4, -0.2) is 39.9 Å². The number of hydrogen-bond acceptors (Lipinski definition) is 7. The molecule has 0 aliphatic rings. The normalized spacial score (nSPS) is 11.9. The van der Waals surface area contributed by atoms with Gasteiger partial charge < -0.3 is 5.32 Å². The number of nitrogens with zero attached hydrogens (tertiary/aromatic N) is 6. The van der Waals surface area contributed by atoms with Crippen LogP contribution in [0.2, 0.25) is 0 Å². The van der Waals surface area contributed by atoms with Gasteiger partial charge in [-0.3, -0.25) is 9.98 Å². The number of hydrogen-bond donors (Lipinski definition) is 1. The molecule has 0 radical (unpaired) electrons. The molecule has 0 fully saturated rings. The number of pyridine rings is 1. The molecule has 0 atom stereocenters. The minimum atomic E-state index is 0.447. The highest BCUT2D eigenvalue weighted by Gasteiger charge is 2.15. The Morgan fingerprint density at radius 3 is 2.00 bits per heavy atom. The Balaban J connectivity index is 1.71. The van der Waals surface area contributed by atoms with E-state index in [1.54, 1.807) is 18.5 Å². The first-order valence-electron chi connectivity index (χ1n) is 15.3. The Hall–Kier alpha value is -5.82. The van der Waals surface area contributed by atoms with E-state index in [4.69, 9.17) is 19.9 Å². The second-order valence-electron chi connectivity index (χ2n) is 10.4. The van der Waals surface area contributed by atoms with Gasteiger partial charge in [0, 0.05) is 41.7 Å². The van der Waals surface area contributed by atoms with Crippen molar-refractivity contribution in [1.29, 1.82) is 0 Å². The lowest BCUT2D eigenvalue weighted by molar-refractivity contribution is 1.06. The second-order valence-corrected chi connectivity index (χ2v) is 10.4. The van der Waals surface area contributed by atoms with Gasteiger partial charge in [-0.2, -0.15) is 0 Å². The van der Waals surface area contributed by atoms with Gasteiger partial charge in [-0.1, -0.05) is 85.8 Å². The maximum Gasteiger partial charge on any atom is 0.164 e. The molecule has 0 saturated heterocycles. The van der Waals surface area contributed by atoms with Crippen molar-refractivity contribution in [3.05, 3.63) is 133 Å². The fourth-order valence-corrected chi connectivity index (χ4v) is 4.97. The van der Waals surface area contributed by atoms with Gasteiger partial charge in [0.05, 0.1) is 12.2 Å². The van der Waals surface area contributed by atoms with Gasteiger partial charge in [0.1, 0.15) is 5.82 Å². The van der Waals surface area contributed by atoms with Crippen molar-refractivity contribution in [3.8, 4) is 45.4 Å².